The second kappa shape index (κ2) is 6.61. The molecule has 0 radical (unpaired) electrons. The largest absolute Gasteiger partial charge is 0.490 e. The highest BCUT2D eigenvalue weighted by Crippen LogP contribution is 2.25. The van der Waals surface area contributed by atoms with E-state index in [-0.39, 0.29) is 19.1 Å². The Morgan fingerprint density at radius 3 is 2.88 bits per heavy atom. The predicted molar refractivity (Wildman–Crippen MR) is 91.1 cm³/mol. The van der Waals surface area contributed by atoms with E-state index in [0.29, 0.717) is 18.5 Å². The molecule has 2 heterocycles. The molecule has 1 amide bonds. The summed E-state index contributed by atoms with van der Waals surface area (Å²) >= 11 is 0. The summed E-state index contributed by atoms with van der Waals surface area (Å²) in [5.41, 5.74) is 1.42. The molecule has 0 saturated carbocycles. The van der Waals surface area contributed by atoms with Gasteiger partial charge in [0.15, 0.2) is 0 Å². The van der Waals surface area contributed by atoms with Gasteiger partial charge in [0, 0.05) is 24.0 Å². The van der Waals surface area contributed by atoms with Crippen LogP contribution in [0.2, 0.25) is 0 Å². The van der Waals surface area contributed by atoms with E-state index in [1.807, 2.05) is 38.1 Å². The zero-order valence-corrected chi connectivity index (χ0v) is 14.0. The molecule has 24 heavy (non-hydrogen) atoms. The van der Waals surface area contributed by atoms with Crippen molar-refractivity contribution in [3.05, 3.63) is 59.4 Å². The average Bonchev–Trinajstić information content (AvgIpc) is 2.96. The molecule has 126 valence electrons. The quantitative estimate of drug-likeness (QED) is 0.937. The fourth-order valence-corrected chi connectivity index (χ4v) is 2.94. The molecule has 1 N–H and O–H groups in total. The highest BCUT2D eigenvalue weighted by atomic mass is 16.5. The smallest absolute Gasteiger partial charge is 0.254 e. The molecule has 5 heteroatoms. The number of ether oxygens (including phenoxy) is 1. The summed E-state index contributed by atoms with van der Waals surface area (Å²) in [4.78, 5) is 18.3. The summed E-state index contributed by atoms with van der Waals surface area (Å²) in [6.07, 6.45) is 2.14. The standard InChI is InChI=1S/C19H22N2O3/c1-14-5-3-4-6-17(14)24-13-19(23)8-10-21(12-19)18(22)16-7-9-20-15(2)11-16/h3-7,9,11,23H,8,10,12-13H2,1-2H3/t19-/m1/s1. The van der Waals surface area contributed by atoms with Crippen LogP contribution in [-0.4, -0.2) is 46.2 Å². The van der Waals surface area contributed by atoms with Gasteiger partial charge in [-0.05, 0) is 44.0 Å². The summed E-state index contributed by atoms with van der Waals surface area (Å²) in [5.74, 6) is 0.688. The van der Waals surface area contributed by atoms with E-state index in [1.54, 1.807) is 23.2 Å². The lowest BCUT2D eigenvalue weighted by Crippen LogP contribution is -2.40. The van der Waals surface area contributed by atoms with Gasteiger partial charge in [-0.25, -0.2) is 0 Å². The van der Waals surface area contributed by atoms with E-state index in [0.717, 1.165) is 17.0 Å². The number of benzene rings is 1. The third kappa shape index (κ3) is 3.57. The molecular formula is C19H22N2O3. The molecule has 0 bridgehead atoms. The number of β-amino-alcohol motifs (C(OH)–C–C–N with tert-alkyl or cyclic N) is 1. The van der Waals surface area contributed by atoms with E-state index in [1.165, 1.54) is 0 Å². The molecular weight excluding hydrogens is 304 g/mol. The Kier molecular flexibility index (Phi) is 4.53. The van der Waals surface area contributed by atoms with Crippen molar-refractivity contribution in [1.82, 2.24) is 9.88 Å². The van der Waals surface area contributed by atoms with Crippen LogP contribution in [0.4, 0.5) is 0 Å². The SMILES string of the molecule is Cc1cc(C(=O)N2CC[C@](O)(COc3ccccc3C)C2)ccn1. The van der Waals surface area contributed by atoms with Crippen LogP contribution in [0.5, 0.6) is 5.75 Å². The number of hydrogen-bond acceptors (Lipinski definition) is 4. The van der Waals surface area contributed by atoms with Crippen LogP contribution in [0.1, 0.15) is 28.0 Å². The summed E-state index contributed by atoms with van der Waals surface area (Å²) in [6, 6.07) is 11.2. The molecule has 1 aromatic carbocycles. The van der Waals surface area contributed by atoms with E-state index < -0.39 is 5.60 Å². The first-order chi connectivity index (χ1) is 11.5. The highest BCUT2D eigenvalue weighted by Gasteiger charge is 2.39. The molecule has 5 nitrogen and oxygen atoms in total. The maximum atomic E-state index is 12.6. The molecule has 3 rings (SSSR count). The number of amides is 1. The second-order valence-corrected chi connectivity index (χ2v) is 6.44. The zero-order chi connectivity index (χ0) is 17.2. The lowest BCUT2D eigenvalue weighted by molar-refractivity contribution is 0.00413. The summed E-state index contributed by atoms with van der Waals surface area (Å²) < 4.78 is 5.78. The molecule has 1 atom stereocenters. The molecule has 1 aliphatic heterocycles. The van der Waals surface area contributed by atoms with E-state index in [9.17, 15) is 9.90 Å². The lowest BCUT2D eigenvalue weighted by Gasteiger charge is -2.24. The first-order valence-corrected chi connectivity index (χ1v) is 8.10. The fraction of sp³-hybridized carbons (Fsp3) is 0.368. The predicted octanol–water partition coefficient (Wildman–Crippen LogP) is 2.35. The van der Waals surface area contributed by atoms with Gasteiger partial charge in [0.2, 0.25) is 0 Å². The third-order valence-corrected chi connectivity index (χ3v) is 4.35. The number of aliphatic hydroxyl groups is 1. The number of nitrogens with zero attached hydrogens (tertiary/aromatic N) is 2. The van der Waals surface area contributed by atoms with Gasteiger partial charge in [0.1, 0.15) is 18.0 Å². The number of para-hydroxylation sites is 1. The van der Waals surface area contributed by atoms with Crippen LogP contribution in [0, 0.1) is 13.8 Å². The Bertz CT molecular complexity index is 747. The average molecular weight is 326 g/mol. The molecule has 0 aliphatic carbocycles. The van der Waals surface area contributed by atoms with Crippen molar-refractivity contribution in [2.45, 2.75) is 25.9 Å². The van der Waals surface area contributed by atoms with Crippen molar-refractivity contribution >= 4 is 5.91 Å². The number of aromatic nitrogens is 1. The molecule has 1 aliphatic rings. The number of aryl methyl sites for hydroxylation is 2. The molecule has 0 unspecified atom stereocenters. The summed E-state index contributed by atoms with van der Waals surface area (Å²) in [7, 11) is 0. The monoisotopic (exact) mass is 326 g/mol. The van der Waals surface area contributed by atoms with Crippen LogP contribution in [-0.2, 0) is 0 Å². The minimum Gasteiger partial charge on any atom is -0.490 e. The first-order valence-electron chi connectivity index (χ1n) is 8.10. The van der Waals surface area contributed by atoms with Gasteiger partial charge in [-0.3, -0.25) is 9.78 Å². The van der Waals surface area contributed by atoms with Crippen LogP contribution in [0.3, 0.4) is 0 Å². The van der Waals surface area contributed by atoms with E-state index in [2.05, 4.69) is 4.98 Å². The Labute approximate surface area is 141 Å². The van der Waals surface area contributed by atoms with Gasteiger partial charge < -0.3 is 14.7 Å². The van der Waals surface area contributed by atoms with Gasteiger partial charge in [-0.2, -0.15) is 0 Å². The van der Waals surface area contributed by atoms with Gasteiger partial charge in [0.05, 0.1) is 6.54 Å². The van der Waals surface area contributed by atoms with Crippen LogP contribution in [0.15, 0.2) is 42.6 Å². The van der Waals surface area contributed by atoms with Gasteiger partial charge in [0.25, 0.3) is 5.91 Å². The van der Waals surface area contributed by atoms with Gasteiger partial charge >= 0.3 is 0 Å². The Morgan fingerprint density at radius 1 is 1.33 bits per heavy atom. The zero-order valence-electron chi connectivity index (χ0n) is 14.0. The Balaban J connectivity index is 1.63. The Morgan fingerprint density at radius 2 is 2.12 bits per heavy atom. The van der Waals surface area contributed by atoms with Gasteiger partial charge in [-0.1, -0.05) is 18.2 Å². The molecule has 1 fully saturated rings. The van der Waals surface area contributed by atoms with Crippen molar-refractivity contribution in [2.24, 2.45) is 0 Å². The van der Waals surface area contributed by atoms with E-state index in [4.69, 9.17) is 4.74 Å². The lowest BCUT2D eigenvalue weighted by atomic mass is 10.1. The topological polar surface area (TPSA) is 62.7 Å². The number of hydrogen-bond donors (Lipinski definition) is 1. The number of carbonyl (C=O) groups is 1. The summed E-state index contributed by atoms with van der Waals surface area (Å²) in [6.45, 7) is 4.80. The summed E-state index contributed by atoms with van der Waals surface area (Å²) in [5, 5.41) is 10.7. The first kappa shape index (κ1) is 16.5. The van der Waals surface area contributed by atoms with Crippen molar-refractivity contribution in [3.63, 3.8) is 0 Å². The van der Waals surface area contributed by atoms with E-state index >= 15 is 0 Å². The van der Waals surface area contributed by atoms with Crippen molar-refractivity contribution in [3.8, 4) is 5.75 Å². The normalized spacial score (nSPS) is 20.2. The minimum absolute atomic E-state index is 0.0766. The number of likely N-dealkylation sites (tertiary alicyclic amines) is 1. The Hall–Kier alpha value is -2.40. The molecule has 2 aromatic rings. The molecule has 1 saturated heterocycles. The van der Waals surface area contributed by atoms with Crippen LogP contribution in [0.25, 0.3) is 0 Å². The number of carbonyl (C=O) groups excluding carboxylic acids is 1. The third-order valence-electron chi connectivity index (χ3n) is 4.35. The van der Waals surface area contributed by atoms with Crippen LogP contribution >= 0.6 is 0 Å². The highest BCUT2D eigenvalue weighted by molar-refractivity contribution is 5.94. The van der Waals surface area contributed by atoms with Crippen LogP contribution < -0.4 is 4.74 Å². The van der Waals surface area contributed by atoms with Crippen molar-refractivity contribution in [1.29, 1.82) is 0 Å². The fourth-order valence-electron chi connectivity index (χ4n) is 2.94. The van der Waals surface area contributed by atoms with Gasteiger partial charge in [-0.15, -0.1) is 0 Å². The molecule has 1 aromatic heterocycles. The second-order valence-electron chi connectivity index (χ2n) is 6.44. The molecule has 0 spiro atoms. The maximum absolute atomic E-state index is 12.6. The minimum atomic E-state index is -1.01. The number of rotatable bonds is 4. The maximum Gasteiger partial charge on any atom is 0.254 e. The van der Waals surface area contributed by atoms with Crippen molar-refractivity contribution < 1.29 is 14.6 Å². The number of pyridine rings is 1. The van der Waals surface area contributed by atoms with Crippen molar-refractivity contribution in [2.75, 3.05) is 19.7 Å².